The number of halogens is 3. The molecule has 1 N–H and O–H groups in total. The first-order valence-corrected chi connectivity index (χ1v) is 7.10. The zero-order valence-electron chi connectivity index (χ0n) is 13.1. The third-order valence-electron chi connectivity index (χ3n) is 3.37. The van der Waals surface area contributed by atoms with Crippen LogP contribution in [0.5, 0.6) is 11.5 Å². The predicted molar refractivity (Wildman–Crippen MR) is 81.9 cm³/mol. The molecule has 0 aliphatic rings. The number of alkyl halides is 2. The Hall–Kier alpha value is -2.70. The highest BCUT2D eigenvalue weighted by Gasteiger charge is 2.18. The minimum Gasteiger partial charge on any atom is -0.494 e. The second-order valence-corrected chi connectivity index (χ2v) is 4.96. The lowest BCUT2D eigenvalue weighted by Crippen LogP contribution is -2.27. The summed E-state index contributed by atoms with van der Waals surface area (Å²) in [4.78, 5) is 12.3. The van der Waals surface area contributed by atoms with Gasteiger partial charge in [0.25, 0.3) is 5.91 Å². The second-order valence-electron chi connectivity index (χ2n) is 4.96. The first-order chi connectivity index (χ1) is 11.4. The standard InChI is InChI=1S/C17H16F3NO3/c1-10(11-7-8-15(23-2)13(18)9-11)21-16(22)12-5-3-4-6-14(12)24-17(19)20/h3-10,17H,1-2H3,(H,21,22). The highest BCUT2D eigenvalue weighted by Crippen LogP contribution is 2.24. The molecular weight excluding hydrogens is 323 g/mol. The average molecular weight is 339 g/mol. The Morgan fingerprint density at radius 3 is 2.46 bits per heavy atom. The van der Waals surface area contributed by atoms with Crippen LogP contribution in [0.1, 0.15) is 28.9 Å². The SMILES string of the molecule is COc1ccc(C(C)NC(=O)c2ccccc2OC(F)F)cc1F. The first-order valence-electron chi connectivity index (χ1n) is 7.10. The molecule has 1 amide bonds. The van der Waals surface area contributed by atoms with Crippen molar-refractivity contribution in [3.63, 3.8) is 0 Å². The van der Waals surface area contributed by atoms with E-state index in [1.54, 1.807) is 13.0 Å². The van der Waals surface area contributed by atoms with Crippen molar-refractivity contribution in [2.75, 3.05) is 7.11 Å². The zero-order valence-corrected chi connectivity index (χ0v) is 13.1. The highest BCUT2D eigenvalue weighted by atomic mass is 19.3. The van der Waals surface area contributed by atoms with Crippen molar-refractivity contribution in [2.45, 2.75) is 19.6 Å². The van der Waals surface area contributed by atoms with E-state index in [1.165, 1.54) is 43.5 Å². The van der Waals surface area contributed by atoms with E-state index in [0.717, 1.165) is 0 Å². The van der Waals surface area contributed by atoms with Crippen LogP contribution in [0.25, 0.3) is 0 Å². The molecule has 0 saturated heterocycles. The van der Waals surface area contributed by atoms with Gasteiger partial charge in [0.15, 0.2) is 11.6 Å². The Kier molecular flexibility index (Phi) is 5.68. The number of hydrogen-bond donors (Lipinski definition) is 1. The molecule has 4 nitrogen and oxygen atoms in total. The maximum Gasteiger partial charge on any atom is 0.387 e. The lowest BCUT2D eigenvalue weighted by atomic mass is 10.1. The van der Waals surface area contributed by atoms with Crippen LogP contribution in [0.3, 0.4) is 0 Å². The van der Waals surface area contributed by atoms with Gasteiger partial charge in [-0.2, -0.15) is 8.78 Å². The van der Waals surface area contributed by atoms with Gasteiger partial charge in [-0.25, -0.2) is 4.39 Å². The number of carbonyl (C=O) groups is 1. The van der Waals surface area contributed by atoms with E-state index in [0.29, 0.717) is 5.56 Å². The predicted octanol–water partition coefficient (Wildman–Crippen LogP) is 3.93. The van der Waals surface area contributed by atoms with Crippen molar-refractivity contribution in [1.82, 2.24) is 5.32 Å². The molecule has 24 heavy (non-hydrogen) atoms. The van der Waals surface area contributed by atoms with Gasteiger partial charge in [0.2, 0.25) is 0 Å². The maximum atomic E-state index is 13.7. The van der Waals surface area contributed by atoms with E-state index < -0.39 is 24.4 Å². The number of rotatable bonds is 6. The van der Waals surface area contributed by atoms with E-state index in [-0.39, 0.29) is 17.1 Å². The number of hydrogen-bond acceptors (Lipinski definition) is 3. The summed E-state index contributed by atoms with van der Waals surface area (Å²) in [6.07, 6.45) is 0. The minimum absolute atomic E-state index is 0.0290. The summed E-state index contributed by atoms with van der Waals surface area (Å²) in [5, 5.41) is 2.62. The number of para-hydroxylation sites is 1. The number of benzene rings is 2. The lowest BCUT2D eigenvalue weighted by molar-refractivity contribution is -0.0501. The Labute approximate surface area is 137 Å². The topological polar surface area (TPSA) is 47.6 Å². The molecule has 2 rings (SSSR count). The van der Waals surface area contributed by atoms with Crippen LogP contribution in [0.15, 0.2) is 42.5 Å². The van der Waals surface area contributed by atoms with Crippen LogP contribution < -0.4 is 14.8 Å². The van der Waals surface area contributed by atoms with Crippen molar-refractivity contribution < 1.29 is 27.4 Å². The van der Waals surface area contributed by atoms with Crippen molar-refractivity contribution in [3.05, 3.63) is 59.4 Å². The fraction of sp³-hybridized carbons (Fsp3) is 0.235. The van der Waals surface area contributed by atoms with Crippen molar-refractivity contribution in [3.8, 4) is 11.5 Å². The molecule has 0 bridgehead atoms. The van der Waals surface area contributed by atoms with Crippen LogP contribution >= 0.6 is 0 Å². The largest absolute Gasteiger partial charge is 0.494 e. The number of carbonyl (C=O) groups excluding carboxylic acids is 1. The van der Waals surface area contributed by atoms with Crippen molar-refractivity contribution in [1.29, 1.82) is 0 Å². The van der Waals surface area contributed by atoms with Gasteiger partial charge < -0.3 is 14.8 Å². The molecule has 0 heterocycles. The van der Waals surface area contributed by atoms with Crippen LogP contribution in [-0.4, -0.2) is 19.6 Å². The van der Waals surface area contributed by atoms with E-state index in [1.807, 2.05) is 0 Å². The number of methoxy groups -OCH3 is 1. The van der Waals surface area contributed by atoms with Crippen LogP contribution in [-0.2, 0) is 0 Å². The average Bonchev–Trinajstić information content (AvgIpc) is 2.54. The Morgan fingerprint density at radius 2 is 1.83 bits per heavy atom. The summed E-state index contributed by atoms with van der Waals surface area (Å²) >= 11 is 0. The molecule has 0 radical (unpaired) electrons. The second kappa shape index (κ2) is 7.72. The molecule has 0 fully saturated rings. The van der Waals surface area contributed by atoms with Gasteiger partial charge >= 0.3 is 6.61 Å². The summed E-state index contributed by atoms with van der Waals surface area (Å²) in [7, 11) is 1.35. The van der Waals surface area contributed by atoms with Crippen molar-refractivity contribution >= 4 is 5.91 Å². The Morgan fingerprint density at radius 1 is 1.12 bits per heavy atom. The summed E-state index contributed by atoms with van der Waals surface area (Å²) in [5.74, 6) is -1.29. The zero-order chi connectivity index (χ0) is 17.7. The lowest BCUT2D eigenvalue weighted by Gasteiger charge is -2.16. The molecular formula is C17H16F3NO3. The monoisotopic (exact) mass is 339 g/mol. The van der Waals surface area contributed by atoms with Gasteiger partial charge in [0.05, 0.1) is 18.7 Å². The van der Waals surface area contributed by atoms with E-state index in [4.69, 9.17) is 4.74 Å². The van der Waals surface area contributed by atoms with Crippen LogP contribution in [0, 0.1) is 5.82 Å². The third-order valence-corrected chi connectivity index (χ3v) is 3.37. The summed E-state index contributed by atoms with van der Waals surface area (Å²) in [6, 6.07) is 9.41. The summed E-state index contributed by atoms with van der Waals surface area (Å²) in [6.45, 7) is -1.39. The molecule has 0 spiro atoms. The fourth-order valence-corrected chi connectivity index (χ4v) is 2.16. The maximum absolute atomic E-state index is 13.7. The van der Waals surface area contributed by atoms with Gasteiger partial charge in [-0.3, -0.25) is 4.79 Å². The Bertz CT molecular complexity index is 722. The minimum atomic E-state index is -3.04. The van der Waals surface area contributed by atoms with Gasteiger partial charge in [0, 0.05) is 0 Å². The smallest absolute Gasteiger partial charge is 0.387 e. The third kappa shape index (κ3) is 4.18. The number of nitrogens with one attached hydrogen (secondary N) is 1. The summed E-state index contributed by atoms with van der Waals surface area (Å²) < 4.78 is 47.7. The van der Waals surface area contributed by atoms with E-state index >= 15 is 0 Å². The Balaban J connectivity index is 2.16. The van der Waals surface area contributed by atoms with Gasteiger partial charge in [-0.1, -0.05) is 18.2 Å². The first kappa shape index (κ1) is 17.7. The van der Waals surface area contributed by atoms with Gasteiger partial charge in [-0.05, 0) is 36.8 Å². The number of amides is 1. The van der Waals surface area contributed by atoms with Gasteiger partial charge in [0.1, 0.15) is 5.75 Å². The molecule has 0 aliphatic heterocycles. The molecule has 1 atom stereocenters. The normalized spacial score (nSPS) is 11.9. The van der Waals surface area contributed by atoms with Crippen LogP contribution in [0.2, 0.25) is 0 Å². The quantitative estimate of drug-likeness (QED) is 0.867. The van der Waals surface area contributed by atoms with Gasteiger partial charge in [-0.15, -0.1) is 0 Å². The molecule has 0 aliphatic carbocycles. The van der Waals surface area contributed by atoms with E-state index in [2.05, 4.69) is 10.1 Å². The van der Waals surface area contributed by atoms with Crippen LogP contribution in [0.4, 0.5) is 13.2 Å². The molecule has 0 aromatic heterocycles. The number of ether oxygens (including phenoxy) is 2. The molecule has 0 saturated carbocycles. The fourth-order valence-electron chi connectivity index (χ4n) is 2.16. The molecule has 1 unspecified atom stereocenters. The molecule has 2 aromatic carbocycles. The molecule has 2 aromatic rings. The molecule has 128 valence electrons. The van der Waals surface area contributed by atoms with Crippen molar-refractivity contribution in [2.24, 2.45) is 0 Å². The highest BCUT2D eigenvalue weighted by molar-refractivity contribution is 5.97. The molecule has 7 heteroatoms. The summed E-state index contributed by atoms with van der Waals surface area (Å²) in [5.41, 5.74) is 0.479. The van der Waals surface area contributed by atoms with E-state index in [9.17, 15) is 18.0 Å².